The number of aliphatic hydroxyl groups is 1. The molecule has 0 radical (unpaired) electrons. The number of aliphatic hydroxyl groups excluding tert-OH is 1. The summed E-state index contributed by atoms with van der Waals surface area (Å²) in [6, 6.07) is 6.39. The minimum Gasteiger partial charge on any atom is -0.491 e. The molecule has 1 fully saturated rings. The Balaban J connectivity index is 1.62. The third-order valence-electron chi connectivity index (χ3n) is 3.91. The van der Waals surface area contributed by atoms with Crippen molar-refractivity contribution in [1.82, 2.24) is 0 Å². The standard InChI is InChI=1S/C15H20O2/c16-15(12-5-6-12)10-17-14-8-7-11-3-1-2-4-13(11)9-14/h7-9,12,15-16H,1-6,10H2. The first-order chi connectivity index (χ1) is 8.33. The maximum Gasteiger partial charge on any atom is 0.119 e. The largest absolute Gasteiger partial charge is 0.491 e. The van der Waals surface area contributed by atoms with Gasteiger partial charge in [0.05, 0.1) is 6.10 Å². The summed E-state index contributed by atoms with van der Waals surface area (Å²) in [6.45, 7) is 0.448. The summed E-state index contributed by atoms with van der Waals surface area (Å²) >= 11 is 0. The van der Waals surface area contributed by atoms with E-state index in [-0.39, 0.29) is 6.10 Å². The average Bonchev–Trinajstić information content (AvgIpc) is 3.20. The van der Waals surface area contributed by atoms with Gasteiger partial charge in [-0.05, 0) is 67.7 Å². The highest BCUT2D eigenvalue weighted by Gasteiger charge is 2.30. The normalized spacial score (nSPS) is 20.8. The number of aryl methyl sites for hydroxylation is 2. The van der Waals surface area contributed by atoms with Gasteiger partial charge in [0, 0.05) is 0 Å². The van der Waals surface area contributed by atoms with Crippen LogP contribution in [0.1, 0.15) is 36.8 Å². The van der Waals surface area contributed by atoms with Gasteiger partial charge in [0.2, 0.25) is 0 Å². The zero-order chi connectivity index (χ0) is 11.7. The van der Waals surface area contributed by atoms with E-state index in [0.29, 0.717) is 12.5 Å². The maximum absolute atomic E-state index is 9.76. The van der Waals surface area contributed by atoms with Gasteiger partial charge in [0.1, 0.15) is 12.4 Å². The lowest BCUT2D eigenvalue weighted by Crippen LogP contribution is -2.19. The molecule has 0 heterocycles. The number of rotatable bonds is 4. The van der Waals surface area contributed by atoms with E-state index in [2.05, 4.69) is 12.1 Å². The first kappa shape index (κ1) is 11.1. The van der Waals surface area contributed by atoms with Gasteiger partial charge in [0.25, 0.3) is 0 Å². The Morgan fingerprint density at radius 2 is 1.94 bits per heavy atom. The molecule has 2 aliphatic rings. The summed E-state index contributed by atoms with van der Waals surface area (Å²) in [5.41, 5.74) is 2.92. The van der Waals surface area contributed by atoms with Crippen LogP contribution in [0.15, 0.2) is 18.2 Å². The Hall–Kier alpha value is -1.02. The summed E-state index contributed by atoms with van der Waals surface area (Å²) in [5.74, 6) is 1.41. The summed E-state index contributed by atoms with van der Waals surface area (Å²) in [5, 5.41) is 9.76. The fourth-order valence-electron chi connectivity index (χ4n) is 2.60. The van der Waals surface area contributed by atoms with Crippen LogP contribution >= 0.6 is 0 Å². The summed E-state index contributed by atoms with van der Waals surface area (Å²) in [7, 11) is 0. The van der Waals surface area contributed by atoms with Crippen LogP contribution in [-0.2, 0) is 12.8 Å². The molecule has 0 spiro atoms. The number of benzene rings is 1. The lowest BCUT2D eigenvalue weighted by atomic mass is 9.92. The van der Waals surface area contributed by atoms with Gasteiger partial charge < -0.3 is 9.84 Å². The molecule has 0 amide bonds. The molecule has 2 aliphatic carbocycles. The lowest BCUT2D eigenvalue weighted by Gasteiger charge is -2.17. The van der Waals surface area contributed by atoms with Crippen molar-refractivity contribution in [3.05, 3.63) is 29.3 Å². The van der Waals surface area contributed by atoms with Crippen LogP contribution in [0.3, 0.4) is 0 Å². The summed E-state index contributed by atoms with van der Waals surface area (Å²) in [6.07, 6.45) is 7.04. The van der Waals surface area contributed by atoms with E-state index in [1.165, 1.54) is 36.8 Å². The molecule has 3 rings (SSSR count). The van der Waals surface area contributed by atoms with Crippen LogP contribution in [0.4, 0.5) is 0 Å². The van der Waals surface area contributed by atoms with Crippen LogP contribution < -0.4 is 4.74 Å². The minimum atomic E-state index is -0.272. The molecule has 0 saturated heterocycles. The molecule has 2 nitrogen and oxygen atoms in total. The van der Waals surface area contributed by atoms with Crippen molar-refractivity contribution in [2.24, 2.45) is 5.92 Å². The first-order valence-electron chi connectivity index (χ1n) is 6.75. The van der Waals surface area contributed by atoms with Crippen LogP contribution in [-0.4, -0.2) is 17.8 Å². The minimum absolute atomic E-state index is 0.272. The second kappa shape index (κ2) is 4.69. The van der Waals surface area contributed by atoms with Crippen molar-refractivity contribution >= 4 is 0 Å². The molecule has 92 valence electrons. The molecule has 0 bridgehead atoms. The van der Waals surface area contributed by atoms with E-state index in [1.807, 2.05) is 6.07 Å². The average molecular weight is 232 g/mol. The Morgan fingerprint density at radius 3 is 2.71 bits per heavy atom. The Kier molecular flexibility index (Phi) is 3.06. The van der Waals surface area contributed by atoms with E-state index in [0.717, 1.165) is 18.6 Å². The highest BCUT2D eigenvalue weighted by Crippen LogP contribution is 2.33. The SMILES string of the molecule is OC(COc1ccc2c(c1)CCCC2)C1CC1. The number of hydrogen-bond donors (Lipinski definition) is 1. The summed E-state index contributed by atoms with van der Waals surface area (Å²) < 4.78 is 5.69. The Labute approximate surface area is 103 Å². The smallest absolute Gasteiger partial charge is 0.119 e. The van der Waals surface area contributed by atoms with E-state index >= 15 is 0 Å². The predicted molar refractivity (Wildman–Crippen MR) is 67.3 cm³/mol. The van der Waals surface area contributed by atoms with Gasteiger partial charge in [-0.15, -0.1) is 0 Å². The quantitative estimate of drug-likeness (QED) is 0.865. The molecule has 1 N–H and O–H groups in total. The molecule has 1 saturated carbocycles. The Bertz CT molecular complexity index is 396. The molecule has 0 aliphatic heterocycles. The van der Waals surface area contributed by atoms with Gasteiger partial charge in [-0.3, -0.25) is 0 Å². The van der Waals surface area contributed by atoms with Crippen molar-refractivity contribution in [1.29, 1.82) is 0 Å². The van der Waals surface area contributed by atoms with E-state index < -0.39 is 0 Å². The molecule has 2 heteroatoms. The Morgan fingerprint density at radius 1 is 1.18 bits per heavy atom. The lowest BCUT2D eigenvalue weighted by molar-refractivity contribution is 0.0894. The topological polar surface area (TPSA) is 29.5 Å². The second-order valence-electron chi connectivity index (χ2n) is 5.35. The van der Waals surface area contributed by atoms with E-state index in [9.17, 15) is 5.11 Å². The van der Waals surface area contributed by atoms with Gasteiger partial charge in [-0.2, -0.15) is 0 Å². The molecule has 1 aromatic carbocycles. The van der Waals surface area contributed by atoms with Crippen LogP contribution in [0.25, 0.3) is 0 Å². The van der Waals surface area contributed by atoms with E-state index in [4.69, 9.17) is 4.74 Å². The molecule has 0 aromatic heterocycles. The van der Waals surface area contributed by atoms with Crippen LogP contribution in [0, 0.1) is 5.92 Å². The van der Waals surface area contributed by atoms with Gasteiger partial charge >= 0.3 is 0 Å². The van der Waals surface area contributed by atoms with Crippen molar-refractivity contribution in [3.63, 3.8) is 0 Å². The highest BCUT2D eigenvalue weighted by molar-refractivity contribution is 5.37. The van der Waals surface area contributed by atoms with Crippen LogP contribution in [0.5, 0.6) is 5.75 Å². The third-order valence-corrected chi connectivity index (χ3v) is 3.91. The van der Waals surface area contributed by atoms with Crippen molar-refractivity contribution in [2.75, 3.05) is 6.61 Å². The van der Waals surface area contributed by atoms with Crippen molar-refractivity contribution in [3.8, 4) is 5.75 Å². The van der Waals surface area contributed by atoms with Crippen molar-refractivity contribution < 1.29 is 9.84 Å². The molecular formula is C15H20O2. The fourth-order valence-corrected chi connectivity index (χ4v) is 2.60. The molecular weight excluding hydrogens is 212 g/mol. The molecule has 1 unspecified atom stereocenters. The van der Waals surface area contributed by atoms with Gasteiger partial charge in [-0.25, -0.2) is 0 Å². The monoisotopic (exact) mass is 232 g/mol. The van der Waals surface area contributed by atoms with Gasteiger partial charge in [-0.1, -0.05) is 6.07 Å². The maximum atomic E-state index is 9.76. The zero-order valence-corrected chi connectivity index (χ0v) is 10.2. The molecule has 1 aromatic rings. The van der Waals surface area contributed by atoms with Crippen molar-refractivity contribution in [2.45, 2.75) is 44.6 Å². The molecule has 1 atom stereocenters. The second-order valence-corrected chi connectivity index (χ2v) is 5.35. The highest BCUT2D eigenvalue weighted by atomic mass is 16.5. The number of fused-ring (bicyclic) bond motifs is 1. The number of ether oxygens (including phenoxy) is 1. The number of hydrogen-bond acceptors (Lipinski definition) is 2. The zero-order valence-electron chi connectivity index (χ0n) is 10.2. The molecule has 17 heavy (non-hydrogen) atoms. The first-order valence-corrected chi connectivity index (χ1v) is 6.75. The predicted octanol–water partition coefficient (Wildman–Crippen LogP) is 2.72. The van der Waals surface area contributed by atoms with Gasteiger partial charge in [0.15, 0.2) is 0 Å². The van der Waals surface area contributed by atoms with E-state index in [1.54, 1.807) is 0 Å². The summed E-state index contributed by atoms with van der Waals surface area (Å²) in [4.78, 5) is 0. The fraction of sp³-hybridized carbons (Fsp3) is 0.600. The third kappa shape index (κ3) is 2.63. The van der Waals surface area contributed by atoms with Crippen LogP contribution in [0.2, 0.25) is 0 Å².